The molecule has 0 unspecified atom stereocenters. The topological polar surface area (TPSA) is 69.1 Å². The highest BCUT2D eigenvalue weighted by molar-refractivity contribution is 5.94. The summed E-state index contributed by atoms with van der Waals surface area (Å²) in [6.07, 6.45) is 5.31. The van der Waals surface area contributed by atoms with Gasteiger partial charge in [-0.05, 0) is 55.9 Å². The van der Waals surface area contributed by atoms with E-state index in [1.54, 1.807) is 13.3 Å². The van der Waals surface area contributed by atoms with Crippen molar-refractivity contribution in [1.29, 1.82) is 0 Å². The van der Waals surface area contributed by atoms with Crippen LogP contribution in [0.5, 0.6) is 5.75 Å². The summed E-state index contributed by atoms with van der Waals surface area (Å²) in [7, 11) is 1.72. The second-order valence-corrected chi connectivity index (χ2v) is 9.08. The van der Waals surface area contributed by atoms with Gasteiger partial charge in [-0.25, -0.2) is 4.98 Å². The van der Waals surface area contributed by atoms with Crippen molar-refractivity contribution >= 4 is 17.4 Å². The Balaban J connectivity index is 1.35. The number of aliphatic hydroxyl groups excluding tert-OH is 1. The van der Waals surface area contributed by atoms with Crippen LogP contribution in [0.25, 0.3) is 0 Å². The molecule has 178 valence electrons. The molecule has 1 aliphatic heterocycles. The van der Waals surface area contributed by atoms with Gasteiger partial charge in [0.05, 0.1) is 12.8 Å². The SMILES string of the molecule is COc1ccccc1N1CCN(CCN(c2ccccn2)C(=O)[C@H]2CC[C@@H](CO)CC2)CC1. The van der Waals surface area contributed by atoms with Crippen molar-refractivity contribution < 1.29 is 14.6 Å². The normalized spacial score (nSPS) is 21.6. The van der Waals surface area contributed by atoms with E-state index < -0.39 is 0 Å². The molecule has 1 aliphatic carbocycles. The number of benzene rings is 1. The van der Waals surface area contributed by atoms with Crippen LogP contribution in [-0.4, -0.2) is 73.9 Å². The summed E-state index contributed by atoms with van der Waals surface area (Å²) in [6, 6.07) is 13.9. The minimum absolute atomic E-state index is 0.0252. The largest absolute Gasteiger partial charge is 0.495 e. The van der Waals surface area contributed by atoms with E-state index in [1.807, 2.05) is 35.2 Å². The Morgan fingerprint density at radius 2 is 1.79 bits per heavy atom. The first-order valence-corrected chi connectivity index (χ1v) is 12.1. The number of piperazine rings is 1. The highest BCUT2D eigenvalue weighted by Crippen LogP contribution is 2.31. The number of rotatable bonds is 8. The number of hydrogen-bond acceptors (Lipinski definition) is 6. The molecule has 7 nitrogen and oxygen atoms in total. The number of amides is 1. The van der Waals surface area contributed by atoms with Crippen molar-refractivity contribution in [3.63, 3.8) is 0 Å². The lowest BCUT2D eigenvalue weighted by molar-refractivity contribution is -0.123. The number of anilines is 2. The molecular weight excluding hydrogens is 416 g/mol. The lowest BCUT2D eigenvalue weighted by Crippen LogP contribution is -2.50. The number of carbonyl (C=O) groups is 1. The summed E-state index contributed by atoms with van der Waals surface area (Å²) in [5.41, 5.74) is 1.14. The Morgan fingerprint density at radius 1 is 1.06 bits per heavy atom. The number of hydrogen-bond donors (Lipinski definition) is 1. The average Bonchev–Trinajstić information content (AvgIpc) is 2.89. The number of ether oxygens (including phenoxy) is 1. The first-order valence-electron chi connectivity index (χ1n) is 12.1. The van der Waals surface area contributed by atoms with E-state index in [0.29, 0.717) is 12.5 Å². The molecule has 1 aromatic carbocycles. The molecular formula is C26H36N4O3. The molecule has 1 amide bonds. The van der Waals surface area contributed by atoms with Gasteiger partial charge in [0.1, 0.15) is 11.6 Å². The standard InChI is InChI=1S/C26H36N4O3/c1-33-24-7-3-2-6-23(24)29-17-14-28(15-18-29)16-19-30(25-8-4-5-13-27-25)26(32)22-11-9-21(20-31)10-12-22/h2-8,13,21-22,31H,9-12,14-20H2,1H3/t21-,22+. The lowest BCUT2D eigenvalue weighted by atomic mass is 9.81. The van der Waals surface area contributed by atoms with Gasteiger partial charge in [-0.15, -0.1) is 0 Å². The molecule has 2 fully saturated rings. The molecule has 33 heavy (non-hydrogen) atoms. The third-order valence-electron chi connectivity index (χ3n) is 7.08. The molecule has 2 heterocycles. The summed E-state index contributed by atoms with van der Waals surface area (Å²) in [5.74, 6) is 2.19. The zero-order valence-corrected chi connectivity index (χ0v) is 19.6. The molecule has 2 aliphatic rings. The fourth-order valence-electron chi connectivity index (χ4n) is 5.01. The fraction of sp³-hybridized carbons (Fsp3) is 0.538. The summed E-state index contributed by atoms with van der Waals surface area (Å²) in [6.45, 7) is 5.46. The van der Waals surface area contributed by atoms with E-state index in [1.165, 1.54) is 0 Å². The third kappa shape index (κ3) is 5.84. The third-order valence-corrected chi connectivity index (χ3v) is 7.08. The van der Waals surface area contributed by atoms with Crippen molar-refractivity contribution in [1.82, 2.24) is 9.88 Å². The van der Waals surface area contributed by atoms with Gasteiger partial charge in [0.15, 0.2) is 0 Å². The van der Waals surface area contributed by atoms with Crippen LogP contribution in [-0.2, 0) is 4.79 Å². The summed E-state index contributed by atoms with van der Waals surface area (Å²) in [5, 5.41) is 9.43. The van der Waals surface area contributed by atoms with Gasteiger partial charge in [-0.3, -0.25) is 14.6 Å². The number of carbonyl (C=O) groups excluding carboxylic acids is 1. The van der Waals surface area contributed by atoms with E-state index in [-0.39, 0.29) is 18.4 Å². The van der Waals surface area contributed by atoms with Crippen LogP contribution in [0.4, 0.5) is 11.5 Å². The lowest BCUT2D eigenvalue weighted by Gasteiger charge is -2.38. The Kier molecular flexibility index (Phi) is 8.18. The molecule has 0 bridgehead atoms. The Labute approximate surface area is 197 Å². The number of aliphatic hydroxyl groups is 1. The molecule has 1 N–H and O–H groups in total. The summed E-state index contributed by atoms with van der Waals surface area (Å²) >= 11 is 0. The van der Waals surface area contributed by atoms with Crippen LogP contribution in [0.15, 0.2) is 48.7 Å². The predicted octanol–water partition coefficient (Wildman–Crippen LogP) is 3.04. The second-order valence-electron chi connectivity index (χ2n) is 9.08. The maximum Gasteiger partial charge on any atom is 0.231 e. The maximum absolute atomic E-state index is 13.5. The molecule has 4 rings (SSSR count). The van der Waals surface area contributed by atoms with E-state index in [2.05, 4.69) is 26.9 Å². The molecule has 0 radical (unpaired) electrons. The summed E-state index contributed by atoms with van der Waals surface area (Å²) in [4.78, 5) is 24.6. The monoisotopic (exact) mass is 452 g/mol. The highest BCUT2D eigenvalue weighted by atomic mass is 16.5. The second kappa shape index (κ2) is 11.5. The Bertz CT molecular complexity index is 878. The van der Waals surface area contributed by atoms with E-state index in [4.69, 9.17) is 4.74 Å². The number of nitrogens with zero attached hydrogens (tertiary/aromatic N) is 4. The van der Waals surface area contributed by atoms with Crippen molar-refractivity contribution in [3.8, 4) is 5.75 Å². The van der Waals surface area contributed by atoms with Crippen LogP contribution >= 0.6 is 0 Å². The van der Waals surface area contributed by atoms with Crippen molar-refractivity contribution in [3.05, 3.63) is 48.7 Å². The first-order chi connectivity index (χ1) is 16.2. The van der Waals surface area contributed by atoms with E-state index in [0.717, 1.165) is 75.7 Å². The predicted molar refractivity (Wildman–Crippen MR) is 131 cm³/mol. The number of para-hydroxylation sites is 2. The Hall–Kier alpha value is -2.64. The number of pyridine rings is 1. The van der Waals surface area contributed by atoms with Gasteiger partial charge in [0.25, 0.3) is 0 Å². The minimum atomic E-state index is 0.0252. The molecule has 7 heteroatoms. The van der Waals surface area contributed by atoms with Gasteiger partial charge < -0.3 is 14.7 Å². The molecule has 0 atom stereocenters. The van der Waals surface area contributed by atoms with Crippen LogP contribution in [0.3, 0.4) is 0 Å². The van der Waals surface area contributed by atoms with E-state index >= 15 is 0 Å². The van der Waals surface area contributed by atoms with Gasteiger partial charge in [0.2, 0.25) is 5.91 Å². The zero-order valence-electron chi connectivity index (χ0n) is 19.6. The zero-order chi connectivity index (χ0) is 23.0. The van der Waals surface area contributed by atoms with Crippen molar-refractivity contribution in [2.75, 3.05) is 62.8 Å². The highest BCUT2D eigenvalue weighted by Gasteiger charge is 2.31. The number of methoxy groups -OCH3 is 1. The van der Waals surface area contributed by atoms with Gasteiger partial charge in [0, 0.05) is 58.0 Å². The van der Waals surface area contributed by atoms with Gasteiger partial charge in [-0.2, -0.15) is 0 Å². The average molecular weight is 453 g/mol. The van der Waals surface area contributed by atoms with Crippen LogP contribution in [0.2, 0.25) is 0 Å². The van der Waals surface area contributed by atoms with Crippen LogP contribution in [0.1, 0.15) is 25.7 Å². The maximum atomic E-state index is 13.5. The minimum Gasteiger partial charge on any atom is -0.495 e. The first kappa shape index (κ1) is 23.5. The quantitative estimate of drug-likeness (QED) is 0.664. The number of aromatic nitrogens is 1. The van der Waals surface area contributed by atoms with Crippen LogP contribution in [0, 0.1) is 11.8 Å². The van der Waals surface area contributed by atoms with Crippen LogP contribution < -0.4 is 14.5 Å². The van der Waals surface area contributed by atoms with Gasteiger partial charge >= 0.3 is 0 Å². The fourth-order valence-corrected chi connectivity index (χ4v) is 5.01. The molecule has 1 saturated carbocycles. The Morgan fingerprint density at radius 3 is 2.45 bits per heavy atom. The smallest absolute Gasteiger partial charge is 0.231 e. The molecule has 2 aromatic rings. The summed E-state index contributed by atoms with van der Waals surface area (Å²) < 4.78 is 5.53. The molecule has 1 aromatic heterocycles. The molecule has 1 saturated heterocycles. The van der Waals surface area contributed by atoms with Gasteiger partial charge in [-0.1, -0.05) is 18.2 Å². The van der Waals surface area contributed by atoms with E-state index in [9.17, 15) is 9.90 Å². The molecule has 0 spiro atoms. The van der Waals surface area contributed by atoms with Crippen molar-refractivity contribution in [2.45, 2.75) is 25.7 Å². The van der Waals surface area contributed by atoms with Crippen molar-refractivity contribution in [2.24, 2.45) is 11.8 Å².